The molecular weight excluding hydrogens is 228 g/mol. The summed E-state index contributed by atoms with van der Waals surface area (Å²) in [6.07, 6.45) is 2.48. The number of hydrogen-bond donors (Lipinski definition) is 1. The van der Waals surface area contributed by atoms with Crippen LogP contribution in [0.2, 0.25) is 0 Å². The molecule has 0 aliphatic carbocycles. The van der Waals surface area contributed by atoms with Crippen molar-refractivity contribution in [3.63, 3.8) is 0 Å². The van der Waals surface area contributed by atoms with Crippen LogP contribution in [-0.4, -0.2) is 31.1 Å². The van der Waals surface area contributed by atoms with Gasteiger partial charge in [-0.25, -0.2) is 0 Å². The summed E-state index contributed by atoms with van der Waals surface area (Å²) < 4.78 is 0. The van der Waals surface area contributed by atoms with E-state index < -0.39 is 0 Å². The normalized spacial score (nSPS) is 18.0. The highest BCUT2D eigenvalue weighted by Gasteiger charge is 2.18. The van der Waals surface area contributed by atoms with Crippen molar-refractivity contribution in [1.82, 2.24) is 10.2 Å². The molecule has 0 bridgehead atoms. The summed E-state index contributed by atoms with van der Waals surface area (Å²) in [5.41, 5.74) is 1.56. The fraction of sp³-hybridized carbons (Fsp3) is 0.714. The number of nitrogens with one attached hydrogen (secondary N) is 1. The van der Waals surface area contributed by atoms with Crippen LogP contribution in [0.1, 0.15) is 30.7 Å². The van der Waals surface area contributed by atoms with Gasteiger partial charge in [0.1, 0.15) is 0 Å². The summed E-state index contributed by atoms with van der Waals surface area (Å²) in [4.78, 5) is 4.21. The Labute approximate surface area is 109 Å². The van der Waals surface area contributed by atoms with Gasteiger partial charge in [0.05, 0.1) is 0 Å². The molecule has 1 unspecified atom stereocenters. The van der Waals surface area contributed by atoms with Gasteiger partial charge in [0.25, 0.3) is 0 Å². The minimum Gasteiger partial charge on any atom is -0.316 e. The summed E-state index contributed by atoms with van der Waals surface area (Å²) in [5.74, 6) is 0.752. The molecule has 1 aromatic heterocycles. The zero-order valence-electron chi connectivity index (χ0n) is 11.0. The van der Waals surface area contributed by atoms with Crippen molar-refractivity contribution in [1.29, 1.82) is 0 Å². The average Bonchev–Trinajstić information content (AvgIpc) is 2.76. The second-order valence-electron chi connectivity index (χ2n) is 5.16. The van der Waals surface area contributed by atoms with Crippen LogP contribution in [0.15, 0.2) is 11.4 Å². The maximum absolute atomic E-state index is 3.51. The van der Waals surface area contributed by atoms with Crippen molar-refractivity contribution >= 4 is 11.3 Å². The fourth-order valence-corrected chi connectivity index (χ4v) is 3.38. The zero-order valence-corrected chi connectivity index (χ0v) is 11.9. The fourth-order valence-electron chi connectivity index (χ4n) is 2.49. The Morgan fingerprint density at radius 3 is 3.24 bits per heavy atom. The predicted molar refractivity (Wildman–Crippen MR) is 75.6 cm³/mol. The van der Waals surface area contributed by atoms with Crippen molar-refractivity contribution in [3.8, 4) is 0 Å². The Kier molecular flexibility index (Phi) is 5.01. The third-order valence-corrected chi connectivity index (χ3v) is 4.40. The minimum atomic E-state index is 0.752. The molecule has 0 fully saturated rings. The van der Waals surface area contributed by atoms with E-state index in [1.807, 2.05) is 11.3 Å². The summed E-state index contributed by atoms with van der Waals surface area (Å²) in [5, 5.41) is 5.75. The topological polar surface area (TPSA) is 15.3 Å². The van der Waals surface area contributed by atoms with Crippen molar-refractivity contribution < 1.29 is 0 Å². The molecule has 0 saturated carbocycles. The second kappa shape index (κ2) is 6.53. The Bertz CT molecular complexity index is 335. The van der Waals surface area contributed by atoms with E-state index in [1.165, 1.54) is 25.9 Å². The van der Waals surface area contributed by atoms with E-state index in [9.17, 15) is 0 Å². The third-order valence-electron chi connectivity index (χ3n) is 3.38. The lowest BCUT2D eigenvalue weighted by molar-refractivity contribution is 0.219. The summed E-state index contributed by atoms with van der Waals surface area (Å²) in [6.45, 7) is 10.5. The molecular formula is C14H24N2S. The molecule has 3 heteroatoms. The highest BCUT2D eigenvalue weighted by molar-refractivity contribution is 7.10. The number of nitrogens with zero attached hydrogens (tertiary/aromatic N) is 1. The van der Waals surface area contributed by atoms with Crippen LogP contribution in [0.5, 0.6) is 0 Å². The van der Waals surface area contributed by atoms with E-state index in [-0.39, 0.29) is 0 Å². The van der Waals surface area contributed by atoms with Gasteiger partial charge in [-0.15, -0.1) is 11.3 Å². The van der Waals surface area contributed by atoms with Crippen LogP contribution < -0.4 is 5.32 Å². The summed E-state index contributed by atoms with van der Waals surface area (Å²) >= 11 is 1.92. The molecule has 17 heavy (non-hydrogen) atoms. The summed E-state index contributed by atoms with van der Waals surface area (Å²) in [6, 6.07) is 2.30. The van der Waals surface area contributed by atoms with Gasteiger partial charge in [-0.05, 0) is 48.9 Å². The highest BCUT2D eigenvalue weighted by atomic mass is 32.1. The molecule has 0 aromatic carbocycles. The van der Waals surface area contributed by atoms with Crippen LogP contribution in [-0.2, 0) is 13.0 Å². The molecule has 2 heterocycles. The Hall–Kier alpha value is -0.380. The first-order valence-electron chi connectivity index (χ1n) is 6.78. The van der Waals surface area contributed by atoms with Crippen LogP contribution in [0, 0.1) is 5.92 Å². The Morgan fingerprint density at radius 2 is 2.41 bits per heavy atom. The monoisotopic (exact) mass is 252 g/mol. The molecule has 2 rings (SSSR count). The standard InChI is InChI=1S/C14H24N2S/c1-3-6-15-9-12(2)10-16-7-4-14-13(11-16)5-8-17-14/h5,8,12,15H,3-4,6-7,9-11H2,1-2H3. The predicted octanol–water partition coefficient (Wildman–Crippen LogP) is 2.74. The maximum atomic E-state index is 3.51. The smallest absolute Gasteiger partial charge is 0.0245 e. The van der Waals surface area contributed by atoms with E-state index in [2.05, 4.69) is 35.5 Å². The molecule has 0 spiro atoms. The number of hydrogen-bond acceptors (Lipinski definition) is 3. The molecule has 0 amide bonds. The van der Waals surface area contributed by atoms with Gasteiger partial charge in [0.15, 0.2) is 0 Å². The van der Waals surface area contributed by atoms with Gasteiger partial charge >= 0.3 is 0 Å². The lowest BCUT2D eigenvalue weighted by Gasteiger charge is -2.29. The maximum Gasteiger partial charge on any atom is 0.0245 e. The SMILES string of the molecule is CCCNCC(C)CN1CCc2sccc2C1. The molecule has 1 aromatic rings. The number of thiophene rings is 1. The molecule has 1 aliphatic heterocycles. The average molecular weight is 252 g/mol. The van der Waals surface area contributed by atoms with Crippen molar-refractivity contribution in [2.24, 2.45) is 5.92 Å². The van der Waals surface area contributed by atoms with Crippen LogP contribution in [0.4, 0.5) is 0 Å². The van der Waals surface area contributed by atoms with Crippen LogP contribution in [0.3, 0.4) is 0 Å². The minimum absolute atomic E-state index is 0.752. The van der Waals surface area contributed by atoms with Gasteiger partial charge in [0, 0.05) is 24.5 Å². The molecule has 1 atom stereocenters. The molecule has 0 saturated heterocycles. The molecule has 1 aliphatic rings. The highest BCUT2D eigenvalue weighted by Crippen LogP contribution is 2.24. The first-order chi connectivity index (χ1) is 8.29. The molecule has 0 radical (unpaired) electrons. The van der Waals surface area contributed by atoms with Gasteiger partial charge in [-0.3, -0.25) is 4.90 Å². The number of rotatable bonds is 6. The van der Waals surface area contributed by atoms with Gasteiger partial charge in [-0.2, -0.15) is 0 Å². The first-order valence-corrected chi connectivity index (χ1v) is 7.66. The third kappa shape index (κ3) is 3.80. The quantitative estimate of drug-likeness (QED) is 0.783. The van der Waals surface area contributed by atoms with Crippen molar-refractivity contribution in [3.05, 3.63) is 21.9 Å². The lowest BCUT2D eigenvalue weighted by Crippen LogP contribution is -2.36. The Balaban J connectivity index is 1.74. The largest absolute Gasteiger partial charge is 0.316 e. The van der Waals surface area contributed by atoms with Crippen LogP contribution in [0.25, 0.3) is 0 Å². The van der Waals surface area contributed by atoms with E-state index in [0.717, 1.165) is 25.6 Å². The molecule has 1 N–H and O–H groups in total. The Morgan fingerprint density at radius 1 is 1.53 bits per heavy atom. The van der Waals surface area contributed by atoms with E-state index >= 15 is 0 Å². The zero-order chi connectivity index (χ0) is 12.1. The van der Waals surface area contributed by atoms with Crippen LogP contribution >= 0.6 is 11.3 Å². The second-order valence-corrected chi connectivity index (χ2v) is 6.16. The van der Waals surface area contributed by atoms with Gasteiger partial charge in [-0.1, -0.05) is 13.8 Å². The van der Waals surface area contributed by atoms with Gasteiger partial charge < -0.3 is 5.32 Å². The van der Waals surface area contributed by atoms with Crippen molar-refractivity contribution in [2.75, 3.05) is 26.2 Å². The summed E-state index contributed by atoms with van der Waals surface area (Å²) in [7, 11) is 0. The number of fused-ring (bicyclic) bond motifs is 1. The van der Waals surface area contributed by atoms with E-state index in [4.69, 9.17) is 0 Å². The van der Waals surface area contributed by atoms with E-state index in [0.29, 0.717) is 0 Å². The first kappa shape index (κ1) is 13.1. The van der Waals surface area contributed by atoms with Crippen molar-refractivity contribution in [2.45, 2.75) is 33.2 Å². The van der Waals surface area contributed by atoms with Gasteiger partial charge in [0.2, 0.25) is 0 Å². The molecule has 96 valence electrons. The van der Waals surface area contributed by atoms with E-state index in [1.54, 1.807) is 10.4 Å². The molecule has 2 nitrogen and oxygen atoms in total. The lowest BCUT2D eigenvalue weighted by atomic mass is 10.1.